The maximum Gasteiger partial charge on any atom is 0.257 e. The lowest BCUT2D eigenvalue weighted by Crippen LogP contribution is -2.38. The minimum Gasteiger partial charge on any atom is -0.392 e. The number of nitrogens with zero attached hydrogens (tertiary/aromatic N) is 4. The largest absolute Gasteiger partial charge is 0.392 e. The molecule has 1 fully saturated rings. The number of carbonyl (C=O) groups excluding carboxylic acids is 1. The van der Waals surface area contributed by atoms with Gasteiger partial charge in [0, 0.05) is 42.4 Å². The van der Waals surface area contributed by atoms with Gasteiger partial charge >= 0.3 is 0 Å². The molecule has 0 saturated carbocycles. The first-order valence-electron chi connectivity index (χ1n) is 12.3. The summed E-state index contributed by atoms with van der Waals surface area (Å²) in [5, 5.41) is 21.3. The van der Waals surface area contributed by atoms with Crippen molar-refractivity contribution in [2.45, 2.75) is 37.2 Å². The predicted molar refractivity (Wildman–Crippen MR) is 143 cm³/mol. The molecule has 5 rings (SSSR count). The predicted octanol–water partition coefficient (Wildman–Crippen LogP) is 4.54. The summed E-state index contributed by atoms with van der Waals surface area (Å²) in [6.07, 6.45) is 3.91. The molecular weight excluding hydrogens is 502 g/mol. The quantitative estimate of drug-likeness (QED) is 0.319. The van der Waals surface area contributed by atoms with Crippen LogP contribution in [0.2, 0.25) is 0 Å². The fourth-order valence-electron chi connectivity index (χ4n) is 4.29. The summed E-state index contributed by atoms with van der Waals surface area (Å²) in [6.45, 7) is 2.12. The minimum atomic E-state index is -0.595. The third kappa shape index (κ3) is 5.94. The van der Waals surface area contributed by atoms with Crippen LogP contribution in [0.5, 0.6) is 0 Å². The van der Waals surface area contributed by atoms with Gasteiger partial charge in [-0.3, -0.25) is 9.78 Å². The Bertz CT molecular complexity index is 1350. The van der Waals surface area contributed by atoms with Gasteiger partial charge in [0.1, 0.15) is 6.33 Å². The Labute approximate surface area is 225 Å². The number of pyridine rings is 1. The van der Waals surface area contributed by atoms with Gasteiger partial charge in [-0.25, -0.2) is 0 Å². The number of aliphatic hydroxyl groups excluding tert-OH is 1. The van der Waals surface area contributed by atoms with Crippen LogP contribution in [0, 0.1) is 5.92 Å². The molecule has 4 atom stereocenters. The molecular formula is C28H29N5O4S. The lowest BCUT2D eigenvalue weighted by atomic mass is 9.91. The molecule has 10 heteroatoms. The Morgan fingerprint density at radius 1 is 1.08 bits per heavy atom. The molecule has 1 amide bonds. The van der Waals surface area contributed by atoms with E-state index in [2.05, 4.69) is 27.4 Å². The standard InChI is InChI=1S/C28H29N5O4S/c1-18-24(16-38-28-32-30-17-33(28)2)36-27(37-25(18)20-7-5-19(15-34)6-8-20)21-9-11-23(12-10-21)31-26(35)22-4-3-13-29-14-22/h3-14,17-18,24-25,27,34H,15-16H2,1-2H3,(H,31,35)/t18-,24+,25+,27+/m0/s1. The van der Waals surface area contributed by atoms with Crippen molar-refractivity contribution < 1.29 is 19.4 Å². The average Bonchev–Trinajstić information content (AvgIpc) is 3.38. The van der Waals surface area contributed by atoms with Crippen LogP contribution >= 0.6 is 11.8 Å². The van der Waals surface area contributed by atoms with Crippen LogP contribution in [0.3, 0.4) is 0 Å². The number of rotatable bonds is 8. The zero-order valence-electron chi connectivity index (χ0n) is 21.1. The summed E-state index contributed by atoms with van der Waals surface area (Å²) in [7, 11) is 1.92. The molecule has 0 radical (unpaired) electrons. The molecule has 2 aromatic heterocycles. The molecule has 1 aliphatic rings. The van der Waals surface area contributed by atoms with Gasteiger partial charge in [0.2, 0.25) is 0 Å². The van der Waals surface area contributed by atoms with Crippen LogP contribution in [0.1, 0.15) is 46.4 Å². The van der Waals surface area contributed by atoms with Crippen molar-refractivity contribution in [1.82, 2.24) is 19.7 Å². The van der Waals surface area contributed by atoms with E-state index in [4.69, 9.17) is 9.47 Å². The van der Waals surface area contributed by atoms with E-state index < -0.39 is 6.29 Å². The number of carbonyl (C=O) groups is 1. The Balaban J connectivity index is 1.34. The molecule has 9 nitrogen and oxygen atoms in total. The van der Waals surface area contributed by atoms with Gasteiger partial charge < -0.3 is 24.5 Å². The number of nitrogens with one attached hydrogen (secondary N) is 1. The van der Waals surface area contributed by atoms with Crippen molar-refractivity contribution in [3.8, 4) is 0 Å². The van der Waals surface area contributed by atoms with E-state index in [9.17, 15) is 9.90 Å². The molecule has 4 aromatic rings. The van der Waals surface area contributed by atoms with Gasteiger partial charge in [0.05, 0.1) is 24.4 Å². The Hall–Kier alpha value is -3.57. The Kier molecular flexibility index (Phi) is 8.14. The van der Waals surface area contributed by atoms with Gasteiger partial charge in [0.15, 0.2) is 11.4 Å². The van der Waals surface area contributed by atoms with E-state index in [1.165, 1.54) is 6.20 Å². The highest BCUT2D eigenvalue weighted by atomic mass is 32.2. The summed E-state index contributed by atoms with van der Waals surface area (Å²) in [6, 6.07) is 18.7. The van der Waals surface area contributed by atoms with Crippen LogP contribution in [0.4, 0.5) is 5.69 Å². The molecule has 0 aliphatic carbocycles. The average molecular weight is 532 g/mol. The fraction of sp³-hybridized carbons (Fsp3) is 0.286. The number of aliphatic hydroxyl groups is 1. The first-order chi connectivity index (χ1) is 18.5. The molecule has 38 heavy (non-hydrogen) atoms. The first kappa shape index (κ1) is 26.1. The Morgan fingerprint density at radius 3 is 2.50 bits per heavy atom. The Morgan fingerprint density at radius 2 is 1.84 bits per heavy atom. The number of hydrogen-bond acceptors (Lipinski definition) is 8. The zero-order chi connectivity index (χ0) is 26.5. The topological polar surface area (TPSA) is 111 Å². The molecule has 2 N–H and O–H groups in total. The van der Waals surface area contributed by atoms with E-state index >= 15 is 0 Å². The molecule has 196 valence electrons. The van der Waals surface area contributed by atoms with E-state index in [0.29, 0.717) is 17.0 Å². The van der Waals surface area contributed by atoms with E-state index in [1.54, 1.807) is 36.4 Å². The highest BCUT2D eigenvalue weighted by Crippen LogP contribution is 2.43. The molecule has 1 saturated heterocycles. The molecule has 1 aliphatic heterocycles. The second-order valence-electron chi connectivity index (χ2n) is 9.18. The van der Waals surface area contributed by atoms with E-state index in [-0.39, 0.29) is 30.6 Å². The van der Waals surface area contributed by atoms with Crippen molar-refractivity contribution in [2.24, 2.45) is 13.0 Å². The SMILES string of the molecule is C[C@H]1[C@@H](CSc2nncn2C)O[C@@H](c2ccc(NC(=O)c3cccnc3)cc2)O[C@H]1c1ccc(CO)cc1. The van der Waals surface area contributed by atoms with Gasteiger partial charge in [0.25, 0.3) is 5.91 Å². The van der Waals surface area contributed by atoms with Crippen molar-refractivity contribution in [2.75, 3.05) is 11.1 Å². The summed E-state index contributed by atoms with van der Waals surface area (Å²) in [4.78, 5) is 16.5. The molecule has 0 unspecified atom stereocenters. The zero-order valence-corrected chi connectivity index (χ0v) is 21.9. The van der Waals surface area contributed by atoms with Crippen LogP contribution in [-0.4, -0.2) is 42.6 Å². The molecule has 0 bridgehead atoms. The first-order valence-corrected chi connectivity index (χ1v) is 13.3. The van der Waals surface area contributed by atoms with E-state index in [1.807, 2.05) is 60.1 Å². The second kappa shape index (κ2) is 11.9. The number of ether oxygens (including phenoxy) is 2. The highest BCUT2D eigenvalue weighted by molar-refractivity contribution is 7.99. The minimum absolute atomic E-state index is 0.00622. The van der Waals surface area contributed by atoms with Crippen molar-refractivity contribution in [3.63, 3.8) is 0 Å². The van der Waals surface area contributed by atoms with Gasteiger partial charge in [-0.05, 0) is 35.4 Å². The van der Waals surface area contributed by atoms with Crippen LogP contribution in [0.25, 0.3) is 0 Å². The molecule has 3 heterocycles. The van der Waals surface area contributed by atoms with Gasteiger partial charge in [-0.1, -0.05) is 55.1 Å². The smallest absolute Gasteiger partial charge is 0.257 e. The lowest BCUT2D eigenvalue weighted by molar-refractivity contribution is -0.268. The van der Waals surface area contributed by atoms with Crippen LogP contribution in [0.15, 0.2) is 84.5 Å². The van der Waals surface area contributed by atoms with E-state index in [0.717, 1.165) is 21.8 Å². The fourth-order valence-corrected chi connectivity index (χ4v) is 5.34. The summed E-state index contributed by atoms with van der Waals surface area (Å²) >= 11 is 1.59. The second-order valence-corrected chi connectivity index (χ2v) is 10.2. The number of hydrogen-bond donors (Lipinski definition) is 2. The number of anilines is 1. The van der Waals surface area contributed by atoms with Crippen LogP contribution in [-0.2, 0) is 23.1 Å². The maximum atomic E-state index is 12.5. The summed E-state index contributed by atoms with van der Waals surface area (Å²) in [5.41, 5.74) is 3.88. The lowest BCUT2D eigenvalue weighted by Gasteiger charge is -2.41. The molecule has 0 spiro atoms. The van der Waals surface area contributed by atoms with Crippen molar-refractivity contribution in [1.29, 1.82) is 0 Å². The maximum absolute atomic E-state index is 12.5. The van der Waals surface area contributed by atoms with Crippen LogP contribution < -0.4 is 5.32 Å². The number of benzene rings is 2. The third-order valence-corrected chi connectivity index (χ3v) is 7.66. The normalized spacial score (nSPS) is 21.2. The number of aromatic nitrogens is 4. The number of thioether (sulfide) groups is 1. The molecule has 2 aromatic carbocycles. The highest BCUT2D eigenvalue weighted by Gasteiger charge is 2.38. The van der Waals surface area contributed by atoms with Crippen molar-refractivity contribution >= 4 is 23.4 Å². The van der Waals surface area contributed by atoms with Gasteiger partial charge in [-0.15, -0.1) is 10.2 Å². The summed E-state index contributed by atoms with van der Waals surface area (Å²) < 4.78 is 14.9. The summed E-state index contributed by atoms with van der Waals surface area (Å²) in [5.74, 6) is 0.514. The number of aryl methyl sites for hydroxylation is 1. The monoisotopic (exact) mass is 531 g/mol. The van der Waals surface area contributed by atoms with Gasteiger partial charge in [-0.2, -0.15) is 0 Å². The number of amides is 1. The van der Waals surface area contributed by atoms with Crippen molar-refractivity contribution in [3.05, 3.63) is 102 Å². The third-order valence-electron chi connectivity index (χ3n) is 6.53.